The van der Waals surface area contributed by atoms with Crippen LogP contribution in [0.15, 0.2) is 18.2 Å². The van der Waals surface area contributed by atoms with Crippen LogP contribution >= 0.6 is 11.6 Å². The molecule has 0 atom stereocenters. The molecule has 3 nitrogen and oxygen atoms in total. The van der Waals surface area contributed by atoms with Gasteiger partial charge in [0.05, 0.1) is 10.7 Å². The van der Waals surface area contributed by atoms with E-state index in [1.165, 1.54) is 19.3 Å². The van der Waals surface area contributed by atoms with E-state index >= 15 is 0 Å². The van der Waals surface area contributed by atoms with Gasteiger partial charge in [0.15, 0.2) is 0 Å². The number of aliphatic hydroxyl groups excluding tert-OH is 1. The third kappa shape index (κ3) is 2.97. The fourth-order valence-electron chi connectivity index (χ4n) is 2.35. The van der Waals surface area contributed by atoms with Crippen molar-refractivity contribution in [2.45, 2.75) is 38.3 Å². The highest BCUT2D eigenvalue weighted by Gasteiger charge is 2.26. The van der Waals surface area contributed by atoms with Gasteiger partial charge in [-0.05, 0) is 43.4 Å². The highest BCUT2D eigenvalue weighted by Crippen LogP contribution is 2.34. The van der Waals surface area contributed by atoms with Gasteiger partial charge in [0.1, 0.15) is 0 Å². The summed E-state index contributed by atoms with van der Waals surface area (Å²) in [5.41, 5.74) is 7.75. The minimum absolute atomic E-state index is 0.224. The number of benzene rings is 1. The van der Waals surface area contributed by atoms with E-state index in [4.69, 9.17) is 22.4 Å². The van der Waals surface area contributed by atoms with Crippen molar-refractivity contribution >= 4 is 17.3 Å². The number of hydrogen-bond donors (Lipinski definition) is 2. The highest BCUT2D eigenvalue weighted by atomic mass is 35.5. The van der Waals surface area contributed by atoms with Gasteiger partial charge < -0.3 is 15.7 Å². The highest BCUT2D eigenvalue weighted by molar-refractivity contribution is 6.33. The molecule has 0 aliphatic heterocycles. The van der Waals surface area contributed by atoms with Gasteiger partial charge in [-0.1, -0.05) is 17.7 Å². The van der Waals surface area contributed by atoms with Gasteiger partial charge in [0.2, 0.25) is 0 Å². The van der Waals surface area contributed by atoms with Crippen LogP contribution in [0.2, 0.25) is 5.02 Å². The molecular formula is C14H21ClN2O. The van der Waals surface area contributed by atoms with Crippen molar-refractivity contribution in [3.63, 3.8) is 0 Å². The van der Waals surface area contributed by atoms with E-state index in [2.05, 4.69) is 11.0 Å². The van der Waals surface area contributed by atoms with E-state index in [9.17, 15) is 0 Å². The first-order valence-electron chi connectivity index (χ1n) is 6.62. The molecule has 0 spiro atoms. The zero-order valence-electron chi connectivity index (χ0n) is 10.6. The van der Waals surface area contributed by atoms with Crippen LogP contribution in [0.25, 0.3) is 0 Å². The average Bonchev–Trinajstić information content (AvgIpc) is 2.32. The molecule has 18 heavy (non-hydrogen) atoms. The second kappa shape index (κ2) is 6.41. The van der Waals surface area contributed by atoms with Gasteiger partial charge in [0.25, 0.3) is 0 Å². The summed E-state index contributed by atoms with van der Waals surface area (Å²) in [6.07, 6.45) is 4.52. The Morgan fingerprint density at radius 1 is 1.39 bits per heavy atom. The lowest BCUT2D eigenvalue weighted by Gasteiger charge is -2.39. The first-order chi connectivity index (χ1) is 8.76. The molecule has 4 heteroatoms. The Labute approximate surface area is 114 Å². The number of nitrogens with zero attached hydrogens (tertiary/aromatic N) is 1. The van der Waals surface area contributed by atoms with E-state index < -0.39 is 0 Å². The van der Waals surface area contributed by atoms with E-state index in [0.29, 0.717) is 12.6 Å². The maximum Gasteiger partial charge on any atom is 0.0642 e. The number of aliphatic hydroxyl groups is 1. The SMILES string of the molecule is NCc1ccc(N(CCCO)C2CCC2)c(Cl)c1. The van der Waals surface area contributed by atoms with Crippen molar-refractivity contribution in [3.8, 4) is 0 Å². The van der Waals surface area contributed by atoms with Crippen molar-refractivity contribution in [1.82, 2.24) is 0 Å². The summed E-state index contributed by atoms with van der Waals surface area (Å²) in [6.45, 7) is 1.60. The Morgan fingerprint density at radius 2 is 2.17 bits per heavy atom. The summed E-state index contributed by atoms with van der Waals surface area (Å²) >= 11 is 6.35. The second-order valence-electron chi connectivity index (χ2n) is 4.85. The Morgan fingerprint density at radius 3 is 2.67 bits per heavy atom. The molecule has 0 aromatic heterocycles. The van der Waals surface area contributed by atoms with Crippen LogP contribution in [0, 0.1) is 0 Å². The van der Waals surface area contributed by atoms with Gasteiger partial charge in [-0.15, -0.1) is 0 Å². The van der Waals surface area contributed by atoms with Crippen molar-refractivity contribution in [3.05, 3.63) is 28.8 Å². The Balaban J connectivity index is 2.18. The van der Waals surface area contributed by atoms with Gasteiger partial charge in [-0.25, -0.2) is 0 Å². The lowest BCUT2D eigenvalue weighted by molar-refractivity contribution is 0.283. The van der Waals surface area contributed by atoms with Crippen LogP contribution in [-0.4, -0.2) is 24.3 Å². The van der Waals surface area contributed by atoms with E-state index in [1.807, 2.05) is 12.1 Å². The predicted octanol–water partition coefficient (Wildman–Crippen LogP) is 2.54. The summed E-state index contributed by atoms with van der Waals surface area (Å²) in [5, 5.41) is 9.78. The zero-order valence-corrected chi connectivity index (χ0v) is 11.4. The Bertz CT molecular complexity index is 393. The summed E-state index contributed by atoms with van der Waals surface area (Å²) in [6, 6.07) is 6.62. The Hall–Kier alpha value is -0.770. The second-order valence-corrected chi connectivity index (χ2v) is 5.25. The topological polar surface area (TPSA) is 49.5 Å². The zero-order chi connectivity index (χ0) is 13.0. The maximum atomic E-state index is 9.01. The molecule has 0 heterocycles. The number of halogens is 1. The lowest BCUT2D eigenvalue weighted by atomic mass is 9.90. The first-order valence-corrected chi connectivity index (χ1v) is 7.00. The fourth-order valence-corrected chi connectivity index (χ4v) is 2.66. The molecule has 1 fully saturated rings. The van der Waals surface area contributed by atoms with E-state index in [1.54, 1.807) is 0 Å². The third-order valence-electron chi connectivity index (χ3n) is 3.63. The molecular weight excluding hydrogens is 248 g/mol. The molecule has 1 aromatic rings. The molecule has 0 radical (unpaired) electrons. The van der Waals surface area contributed by atoms with Crippen LogP contribution in [0.5, 0.6) is 0 Å². The van der Waals surface area contributed by atoms with Crippen molar-refractivity contribution in [2.24, 2.45) is 5.73 Å². The molecule has 1 aromatic carbocycles. The van der Waals surface area contributed by atoms with Crippen LogP contribution in [0.1, 0.15) is 31.2 Å². The minimum Gasteiger partial charge on any atom is -0.396 e. The van der Waals surface area contributed by atoms with Crippen molar-refractivity contribution < 1.29 is 5.11 Å². The molecule has 2 rings (SSSR count). The summed E-state index contributed by atoms with van der Waals surface area (Å²) in [4.78, 5) is 2.34. The lowest BCUT2D eigenvalue weighted by Crippen LogP contribution is -2.41. The van der Waals surface area contributed by atoms with Gasteiger partial charge in [0, 0.05) is 25.7 Å². The first kappa shape index (κ1) is 13.7. The third-order valence-corrected chi connectivity index (χ3v) is 3.93. The van der Waals surface area contributed by atoms with Crippen LogP contribution in [0.3, 0.4) is 0 Å². The minimum atomic E-state index is 0.224. The average molecular weight is 269 g/mol. The Kier molecular flexibility index (Phi) is 4.87. The maximum absolute atomic E-state index is 9.01. The molecule has 1 aliphatic rings. The summed E-state index contributed by atoms with van der Waals surface area (Å²) in [5.74, 6) is 0. The largest absolute Gasteiger partial charge is 0.396 e. The molecule has 0 unspecified atom stereocenters. The number of rotatable bonds is 6. The number of hydrogen-bond acceptors (Lipinski definition) is 3. The van der Waals surface area contributed by atoms with Crippen LogP contribution in [0.4, 0.5) is 5.69 Å². The van der Waals surface area contributed by atoms with E-state index in [-0.39, 0.29) is 6.61 Å². The summed E-state index contributed by atoms with van der Waals surface area (Å²) in [7, 11) is 0. The molecule has 0 amide bonds. The molecule has 1 saturated carbocycles. The van der Waals surface area contributed by atoms with Gasteiger partial charge in [-0.3, -0.25) is 0 Å². The van der Waals surface area contributed by atoms with Crippen LogP contribution in [-0.2, 0) is 6.54 Å². The number of nitrogens with two attached hydrogens (primary N) is 1. The van der Waals surface area contributed by atoms with Crippen molar-refractivity contribution in [2.75, 3.05) is 18.1 Å². The molecule has 100 valence electrons. The van der Waals surface area contributed by atoms with Gasteiger partial charge in [-0.2, -0.15) is 0 Å². The quantitative estimate of drug-likeness (QED) is 0.834. The molecule has 0 saturated heterocycles. The standard InChI is InChI=1S/C14H21ClN2O/c15-13-9-11(10-16)5-6-14(13)17(7-2-8-18)12-3-1-4-12/h5-6,9,12,18H,1-4,7-8,10,16H2. The monoisotopic (exact) mass is 268 g/mol. The van der Waals surface area contributed by atoms with Crippen molar-refractivity contribution in [1.29, 1.82) is 0 Å². The van der Waals surface area contributed by atoms with Gasteiger partial charge >= 0.3 is 0 Å². The normalized spacial score (nSPS) is 15.5. The number of anilines is 1. The smallest absolute Gasteiger partial charge is 0.0642 e. The van der Waals surface area contributed by atoms with E-state index in [0.717, 1.165) is 29.2 Å². The molecule has 1 aliphatic carbocycles. The predicted molar refractivity (Wildman–Crippen MR) is 76.0 cm³/mol. The molecule has 3 N–H and O–H groups in total. The van der Waals surface area contributed by atoms with Crippen LogP contribution < -0.4 is 10.6 Å². The fraction of sp³-hybridized carbons (Fsp3) is 0.571. The molecule has 0 bridgehead atoms. The summed E-state index contributed by atoms with van der Waals surface area (Å²) < 4.78 is 0.